The van der Waals surface area contributed by atoms with E-state index in [0.29, 0.717) is 17.3 Å². The van der Waals surface area contributed by atoms with Gasteiger partial charge in [0.1, 0.15) is 11.5 Å². The van der Waals surface area contributed by atoms with E-state index in [1.807, 2.05) is 30.3 Å². The third kappa shape index (κ3) is 4.50. The van der Waals surface area contributed by atoms with Gasteiger partial charge in [-0.3, -0.25) is 4.79 Å². The van der Waals surface area contributed by atoms with E-state index in [-0.39, 0.29) is 12.1 Å². The van der Waals surface area contributed by atoms with E-state index in [9.17, 15) is 9.59 Å². The molecule has 0 saturated heterocycles. The molecule has 9 nitrogen and oxygen atoms in total. The largest absolute Gasteiger partial charge is 0.497 e. The fourth-order valence-corrected chi connectivity index (χ4v) is 2.43. The zero-order valence-corrected chi connectivity index (χ0v) is 15.4. The Morgan fingerprint density at radius 2 is 1.82 bits per heavy atom. The van der Waals surface area contributed by atoms with Gasteiger partial charge in [0.25, 0.3) is 0 Å². The molecule has 28 heavy (non-hydrogen) atoms. The van der Waals surface area contributed by atoms with Crippen LogP contribution in [-0.4, -0.2) is 52.8 Å². The second kappa shape index (κ2) is 8.76. The number of rotatable bonds is 8. The molecule has 144 valence electrons. The Morgan fingerprint density at radius 1 is 1.04 bits per heavy atom. The number of carbonyl (C=O) groups excluding carboxylic acids is 2. The third-order valence-electron chi connectivity index (χ3n) is 3.83. The minimum Gasteiger partial charge on any atom is -0.497 e. The van der Waals surface area contributed by atoms with Crippen LogP contribution in [0.4, 0.5) is 0 Å². The molecule has 9 heteroatoms. The second-order valence-corrected chi connectivity index (χ2v) is 5.66. The quantitative estimate of drug-likeness (QED) is 0.429. The van der Waals surface area contributed by atoms with Crippen LogP contribution in [-0.2, 0) is 16.1 Å². The van der Waals surface area contributed by atoms with Crippen LogP contribution in [0, 0.1) is 0 Å². The highest BCUT2D eigenvalue weighted by Crippen LogP contribution is 2.24. The number of ether oxygens (including phenoxy) is 3. The average molecular weight is 382 g/mol. The van der Waals surface area contributed by atoms with E-state index in [1.165, 1.54) is 20.3 Å². The van der Waals surface area contributed by atoms with Crippen molar-refractivity contribution in [1.82, 2.24) is 20.2 Å². The van der Waals surface area contributed by atoms with Crippen molar-refractivity contribution in [2.75, 3.05) is 20.8 Å². The molecule has 1 heterocycles. The van der Waals surface area contributed by atoms with Gasteiger partial charge in [-0.05, 0) is 23.4 Å². The summed E-state index contributed by atoms with van der Waals surface area (Å²) < 4.78 is 15.3. The molecule has 0 radical (unpaired) electrons. The van der Waals surface area contributed by atoms with Crippen molar-refractivity contribution in [3.63, 3.8) is 0 Å². The molecule has 0 amide bonds. The summed E-state index contributed by atoms with van der Waals surface area (Å²) in [6.07, 6.45) is 0. The maximum absolute atomic E-state index is 12.4. The molecule has 2 aromatic carbocycles. The number of nitrogens with zero attached hydrogens (tertiary/aromatic N) is 4. The summed E-state index contributed by atoms with van der Waals surface area (Å²) in [5.74, 6) is 0.182. The third-order valence-corrected chi connectivity index (χ3v) is 3.83. The van der Waals surface area contributed by atoms with Gasteiger partial charge < -0.3 is 14.2 Å². The predicted octanol–water partition coefficient (Wildman–Crippen LogP) is 1.78. The highest BCUT2D eigenvalue weighted by molar-refractivity contribution is 6.00. The summed E-state index contributed by atoms with van der Waals surface area (Å²) in [4.78, 5) is 25.5. The molecule has 0 saturated carbocycles. The molecule has 0 unspecified atom stereocenters. The zero-order valence-electron chi connectivity index (χ0n) is 15.4. The van der Waals surface area contributed by atoms with E-state index in [4.69, 9.17) is 14.2 Å². The fraction of sp³-hybridized carbons (Fsp3) is 0.211. The van der Waals surface area contributed by atoms with Gasteiger partial charge in [0, 0.05) is 5.56 Å². The molecular formula is C19H18N4O5. The first-order chi connectivity index (χ1) is 13.6. The van der Waals surface area contributed by atoms with Crippen molar-refractivity contribution >= 4 is 11.8 Å². The van der Waals surface area contributed by atoms with Crippen LogP contribution in [0.3, 0.4) is 0 Å². The molecule has 0 N–H and O–H groups in total. The van der Waals surface area contributed by atoms with E-state index >= 15 is 0 Å². The lowest BCUT2D eigenvalue weighted by atomic mass is 10.1. The number of hydrogen-bond acceptors (Lipinski definition) is 8. The Kier molecular flexibility index (Phi) is 5.95. The molecule has 0 atom stereocenters. The molecule has 0 bridgehead atoms. The number of hydrogen-bond donors (Lipinski definition) is 0. The number of ketones is 1. The number of carbonyl (C=O) groups is 2. The Balaban J connectivity index is 1.59. The molecule has 3 rings (SSSR count). The van der Waals surface area contributed by atoms with Gasteiger partial charge >= 0.3 is 5.97 Å². The molecule has 0 aliphatic rings. The van der Waals surface area contributed by atoms with Crippen LogP contribution in [0.25, 0.3) is 11.4 Å². The first-order valence-electron chi connectivity index (χ1n) is 8.35. The summed E-state index contributed by atoms with van der Waals surface area (Å²) in [5.41, 5.74) is 1.04. The Morgan fingerprint density at radius 3 is 2.54 bits per heavy atom. The lowest BCUT2D eigenvalue weighted by Gasteiger charge is -2.10. The summed E-state index contributed by atoms with van der Waals surface area (Å²) in [5, 5.41) is 11.8. The summed E-state index contributed by atoms with van der Waals surface area (Å²) in [6.45, 7) is -0.703. The minimum atomic E-state index is -0.660. The number of benzene rings is 2. The van der Waals surface area contributed by atoms with Gasteiger partial charge in [0.2, 0.25) is 11.6 Å². The highest BCUT2D eigenvalue weighted by Gasteiger charge is 2.17. The molecule has 0 aliphatic heterocycles. The zero-order chi connectivity index (χ0) is 19.9. The van der Waals surface area contributed by atoms with Gasteiger partial charge in [-0.15, -0.1) is 10.2 Å². The maximum atomic E-state index is 12.4. The lowest BCUT2D eigenvalue weighted by molar-refractivity contribution is -0.143. The van der Waals surface area contributed by atoms with E-state index < -0.39 is 18.4 Å². The number of tetrazole rings is 1. The minimum absolute atomic E-state index is 0.262. The predicted molar refractivity (Wildman–Crippen MR) is 98.1 cm³/mol. The fourth-order valence-electron chi connectivity index (χ4n) is 2.43. The van der Waals surface area contributed by atoms with Crippen molar-refractivity contribution in [3.05, 3.63) is 54.1 Å². The van der Waals surface area contributed by atoms with Crippen LogP contribution < -0.4 is 9.47 Å². The maximum Gasteiger partial charge on any atom is 0.330 e. The van der Waals surface area contributed by atoms with Gasteiger partial charge in [0.15, 0.2) is 13.2 Å². The number of aromatic nitrogens is 4. The first kappa shape index (κ1) is 19.0. The van der Waals surface area contributed by atoms with Crippen molar-refractivity contribution in [3.8, 4) is 22.9 Å². The second-order valence-electron chi connectivity index (χ2n) is 5.66. The van der Waals surface area contributed by atoms with Gasteiger partial charge in [-0.25, -0.2) is 4.79 Å². The topological polar surface area (TPSA) is 105 Å². The SMILES string of the molecule is COc1ccc(OC)c(C(=O)COC(=O)Cn2nnc(-c3ccccc3)n2)c1. The number of methoxy groups -OCH3 is 2. The summed E-state index contributed by atoms with van der Waals surface area (Å²) in [6, 6.07) is 14.0. The van der Waals surface area contributed by atoms with Crippen LogP contribution in [0.5, 0.6) is 11.5 Å². The Hall–Kier alpha value is -3.75. The molecular weight excluding hydrogens is 364 g/mol. The van der Waals surface area contributed by atoms with Crippen LogP contribution in [0.15, 0.2) is 48.5 Å². The molecule has 0 spiro atoms. The van der Waals surface area contributed by atoms with Gasteiger partial charge in [0.05, 0.1) is 19.8 Å². The monoisotopic (exact) mass is 382 g/mol. The molecule has 1 aromatic heterocycles. The van der Waals surface area contributed by atoms with Crippen molar-refractivity contribution < 1.29 is 23.8 Å². The molecule has 0 fully saturated rings. The number of esters is 1. The summed E-state index contributed by atoms with van der Waals surface area (Å²) >= 11 is 0. The summed E-state index contributed by atoms with van der Waals surface area (Å²) in [7, 11) is 2.94. The van der Waals surface area contributed by atoms with Crippen molar-refractivity contribution in [2.45, 2.75) is 6.54 Å². The Bertz CT molecular complexity index is 971. The van der Waals surface area contributed by atoms with E-state index in [1.54, 1.807) is 12.1 Å². The standard InChI is InChI=1S/C19H18N4O5/c1-26-14-8-9-17(27-2)15(10-14)16(24)12-28-18(25)11-23-21-19(20-22-23)13-6-4-3-5-7-13/h3-10H,11-12H2,1-2H3. The van der Waals surface area contributed by atoms with Crippen LogP contribution >= 0.6 is 0 Å². The molecule has 0 aliphatic carbocycles. The van der Waals surface area contributed by atoms with Crippen LogP contribution in [0.1, 0.15) is 10.4 Å². The van der Waals surface area contributed by atoms with Crippen molar-refractivity contribution in [1.29, 1.82) is 0 Å². The molecule has 3 aromatic rings. The lowest BCUT2D eigenvalue weighted by Crippen LogP contribution is -2.20. The first-order valence-corrected chi connectivity index (χ1v) is 8.35. The number of Topliss-reactive ketones (excluding diaryl/α,β-unsaturated/α-hetero) is 1. The smallest absolute Gasteiger partial charge is 0.330 e. The van der Waals surface area contributed by atoms with Gasteiger partial charge in [-0.1, -0.05) is 30.3 Å². The Labute approximate surface area is 160 Å². The highest BCUT2D eigenvalue weighted by atomic mass is 16.5. The average Bonchev–Trinajstić information content (AvgIpc) is 3.20. The van der Waals surface area contributed by atoms with Crippen molar-refractivity contribution in [2.24, 2.45) is 0 Å². The van der Waals surface area contributed by atoms with E-state index in [2.05, 4.69) is 15.4 Å². The van der Waals surface area contributed by atoms with E-state index in [0.717, 1.165) is 10.4 Å². The normalized spacial score (nSPS) is 10.4. The van der Waals surface area contributed by atoms with Crippen LogP contribution in [0.2, 0.25) is 0 Å². The van der Waals surface area contributed by atoms with Gasteiger partial charge in [-0.2, -0.15) is 4.80 Å².